The fourth-order valence-electron chi connectivity index (χ4n) is 1.97. The highest BCUT2D eigenvalue weighted by Crippen LogP contribution is 2.27. The zero-order valence-corrected chi connectivity index (χ0v) is 9.23. The fourth-order valence-corrected chi connectivity index (χ4v) is 1.97. The molecule has 0 spiro atoms. The van der Waals surface area contributed by atoms with E-state index in [-0.39, 0.29) is 0 Å². The number of hydrogen-bond acceptors (Lipinski definition) is 3. The molecule has 0 saturated carbocycles. The van der Waals surface area contributed by atoms with Crippen molar-refractivity contribution in [1.29, 1.82) is 0 Å². The highest BCUT2D eigenvalue weighted by molar-refractivity contribution is 5.53. The Balaban J connectivity index is 1.97. The van der Waals surface area contributed by atoms with E-state index >= 15 is 0 Å². The van der Waals surface area contributed by atoms with Crippen LogP contribution in [0.3, 0.4) is 0 Å². The molecule has 3 heteroatoms. The number of aryl methyl sites for hydroxylation is 1. The molecule has 82 valence electrons. The van der Waals surface area contributed by atoms with E-state index in [1.54, 1.807) is 0 Å². The van der Waals surface area contributed by atoms with Crippen LogP contribution < -0.4 is 5.32 Å². The molecule has 0 unspecified atom stereocenters. The molecule has 3 nitrogen and oxygen atoms in total. The van der Waals surface area contributed by atoms with Gasteiger partial charge in [0, 0.05) is 24.6 Å². The number of rotatable bonds is 2. The number of nitrogens with one attached hydrogen (secondary N) is 1. The van der Waals surface area contributed by atoms with Crippen molar-refractivity contribution in [2.75, 3.05) is 13.1 Å². The van der Waals surface area contributed by atoms with Crippen molar-refractivity contribution < 1.29 is 4.42 Å². The zero-order chi connectivity index (χ0) is 11.0. The van der Waals surface area contributed by atoms with Crippen molar-refractivity contribution in [1.82, 2.24) is 10.3 Å². The number of oxazole rings is 1. The van der Waals surface area contributed by atoms with Crippen LogP contribution in [0.5, 0.6) is 0 Å². The highest BCUT2D eigenvalue weighted by atomic mass is 16.4. The maximum atomic E-state index is 5.72. The van der Waals surface area contributed by atoms with Gasteiger partial charge in [0.15, 0.2) is 0 Å². The van der Waals surface area contributed by atoms with E-state index in [9.17, 15) is 0 Å². The van der Waals surface area contributed by atoms with Gasteiger partial charge in [-0.05, 0) is 19.1 Å². The lowest BCUT2D eigenvalue weighted by Gasteiger charge is -2.25. The third-order valence-corrected chi connectivity index (χ3v) is 3.02. The van der Waals surface area contributed by atoms with Crippen LogP contribution in [0.2, 0.25) is 0 Å². The van der Waals surface area contributed by atoms with Gasteiger partial charge in [-0.15, -0.1) is 0 Å². The largest absolute Gasteiger partial charge is 0.441 e. The van der Waals surface area contributed by atoms with Gasteiger partial charge in [-0.2, -0.15) is 0 Å². The van der Waals surface area contributed by atoms with Crippen molar-refractivity contribution >= 4 is 0 Å². The molecule has 1 aliphatic heterocycles. The van der Waals surface area contributed by atoms with Gasteiger partial charge in [0.2, 0.25) is 5.89 Å². The van der Waals surface area contributed by atoms with Crippen LogP contribution in [0.25, 0.3) is 11.5 Å². The van der Waals surface area contributed by atoms with E-state index in [0.29, 0.717) is 5.92 Å². The molecule has 2 heterocycles. The Morgan fingerprint density at radius 2 is 2.00 bits per heavy atom. The summed E-state index contributed by atoms with van der Waals surface area (Å²) < 4.78 is 5.72. The van der Waals surface area contributed by atoms with Gasteiger partial charge < -0.3 is 9.73 Å². The quantitative estimate of drug-likeness (QED) is 0.833. The Bertz CT molecular complexity index is 486. The summed E-state index contributed by atoms with van der Waals surface area (Å²) in [6, 6.07) is 10.0. The molecule has 2 aromatic rings. The highest BCUT2D eigenvalue weighted by Gasteiger charge is 2.25. The first kappa shape index (κ1) is 9.60. The van der Waals surface area contributed by atoms with Gasteiger partial charge in [0.05, 0.1) is 5.69 Å². The molecule has 1 saturated heterocycles. The first-order valence-corrected chi connectivity index (χ1v) is 5.58. The van der Waals surface area contributed by atoms with Crippen LogP contribution in [0.1, 0.15) is 17.4 Å². The Kier molecular flexibility index (Phi) is 2.26. The summed E-state index contributed by atoms with van der Waals surface area (Å²) in [5.74, 6) is 2.21. The predicted molar refractivity (Wildman–Crippen MR) is 62.3 cm³/mol. The van der Waals surface area contributed by atoms with Gasteiger partial charge >= 0.3 is 0 Å². The van der Waals surface area contributed by atoms with Crippen molar-refractivity contribution in [3.63, 3.8) is 0 Å². The molecular formula is C13H14N2O. The summed E-state index contributed by atoms with van der Waals surface area (Å²) in [5, 5.41) is 3.25. The Morgan fingerprint density at radius 3 is 2.62 bits per heavy atom. The maximum Gasteiger partial charge on any atom is 0.226 e. The van der Waals surface area contributed by atoms with Crippen molar-refractivity contribution in [3.8, 4) is 11.5 Å². The molecule has 0 radical (unpaired) electrons. The summed E-state index contributed by atoms with van der Waals surface area (Å²) in [6.07, 6.45) is 0. The van der Waals surface area contributed by atoms with Crippen molar-refractivity contribution in [2.45, 2.75) is 12.8 Å². The average molecular weight is 214 g/mol. The monoisotopic (exact) mass is 214 g/mol. The Morgan fingerprint density at radius 1 is 1.25 bits per heavy atom. The predicted octanol–water partition coefficient (Wildman–Crippen LogP) is 2.34. The number of hydrogen-bond donors (Lipinski definition) is 1. The fraction of sp³-hybridized carbons (Fsp3) is 0.308. The molecule has 1 aliphatic rings. The van der Waals surface area contributed by atoms with Gasteiger partial charge in [-0.25, -0.2) is 4.98 Å². The van der Waals surface area contributed by atoms with Crippen LogP contribution in [0.15, 0.2) is 34.7 Å². The number of nitrogens with zero attached hydrogens (tertiary/aromatic N) is 1. The summed E-state index contributed by atoms with van der Waals surface area (Å²) in [4.78, 5) is 4.60. The van der Waals surface area contributed by atoms with Gasteiger partial charge in [0.25, 0.3) is 0 Å². The SMILES string of the molecule is Cc1oc(-c2ccccc2)nc1C1CNC1. The minimum Gasteiger partial charge on any atom is -0.441 e. The summed E-state index contributed by atoms with van der Waals surface area (Å²) >= 11 is 0. The average Bonchev–Trinajstić information content (AvgIpc) is 2.60. The molecule has 16 heavy (non-hydrogen) atoms. The summed E-state index contributed by atoms with van der Waals surface area (Å²) in [7, 11) is 0. The van der Waals surface area contributed by atoms with Gasteiger partial charge in [-0.1, -0.05) is 18.2 Å². The Labute approximate surface area is 94.5 Å². The lowest BCUT2D eigenvalue weighted by atomic mass is 9.98. The van der Waals surface area contributed by atoms with E-state index < -0.39 is 0 Å². The van der Waals surface area contributed by atoms with Crippen LogP contribution in [-0.2, 0) is 0 Å². The second-order valence-electron chi connectivity index (χ2n) is 4.18. The topological polar surface area (TPSA) is 38.1 Å². The van der Waals surface area contributed by atoms with Crippen molar-refractivity contribution in [3.05, 3.63) is 41.8 Å². The number of benzene rings is 1. The van der Waals surface area contributed by atoms with E-state index in [1.165, 1.54) is 0 Å². The smallest absolute Gasteiger partial charge is 0.226 e. The standard InChI is InChI=1S/C13H14N2O/c1-9-12(11-7-14-8-11)15-13(16-9)10-5-3-2-4-6-10/h2-6,11,14H,7-8H2,1H3. The molecular weight excluding hydrogens is 200 g/mol. The van der Waals surface area contributed by atoms with E-state index in [4.69, 9.17) is 4.42 Å². The van der Waals surface area contributed by atoms with E-state index in [0.717, 1.165) is 36.0 Å². The molecule has 1 fully saturated rings. The number of aromatic nitrogens is 1. The minimum absolute atomic E-state index is 0.529. The third-order valence-electron chi connectivity index (χ3n) is 3.02. The van der Waals surface area contributed by atoms with Crippen LogP contribution >= 0.6 is 0 Å². The molecule has 1 N–H and O–H groups in total. The minimum atomic E-state index is 0.529. The lowest BCUT2D eigenvalue weighted by Crippen LogP contribution is -2.40. The lowest BCUT2D eigenvalue weighted by molar-refractivity contribution is 0.433. The normalized spacial score (nSPS) is 16.1. The second kappa shape index (κ2) is 3.76. The maximum absolute atomic E-state index is 5.72. The Hall–Kier alpha value is -1.61. The van der Waals surface area contributed by atoms with Gasteiger partial charge in [0.1, 0.15) is 5.76 Å². The molecule has 0 amide bonds. The summed E-state index contributed by atoms with van der Waals surface area (Å²) in [5.41, 5.74) is 2.15. The first-order valence-electron chi connectivity index (χ1n) is 5.58. The zero-order valence-electron chi connectivity index (χ0n) is 9.23. The second-order valence-corrected chi connectivity index (χ2v) is 4.18. The van der Waals surface area contributed by atoms with Crippen LogP contribution in [0, 0.1) is 6.92 Å². The molecule has 0 bridgehead atoms. The van der Waals surface area contributed by atoms with Crippen LogP contribution in [-0.4, -0.2) is 18.1 Å². The third kappa shape index (κ3) is 1.53. The van der Waals surface area contributed by atoms with E-state index in [2.05, 4.69) is 10.3 Å². The van der Waals surface area contributed by atoms with Gasteiger partial charge in [-0.3, -0.25) is 0 Å². The molecule has 0 aliphatic carbocycles. The molecule has 0 atom stereocenters. The molecule has 1 aromatic carbocycles. The van der Waals surface area contributed by atoms with Crippen LogP contribution in [0.4, 0.5) is 0 Å². The first-order chi connectivity index (χ1) is 7.84. The molecule has 1 aromatic heterocycles. The molecule has 3 rings (SSSR count). The summed E-state index contributed by atoms with van der Waals surface area (Å²) in [6.45, 7) is 4.02. The van der Waals surface area contributed by atoms with E-state index in [1.807, 2.05) is 37.3 Å². The van der Waals surface area contributed by atoms with Crippen molar-refractivity contribution in [2.24, 2.45) is 0 Å².